The predicted octanol–water partition coefficient (Wildman–Crippen LogP) is 6.20. The van der Waals surface area contributed by atoms with Crippen LogP contribution in [-0.2, 0) is 0 Å². The van der Waals surface area contributed by atoms with Gasteiger partial charge in [-0.05, 0) is 49.2 Å². The van der Waals surface area contributed by atoms with Gasteiger partial charge in [0.2, 0.25) is 0 Å². The first-order valence-electron chi connectivity index (χ1n) is 8.56. The fourth-order valence-electron chi connectivity index (χ4n) is 3.20. The van der Waals surface area contributed by atoms with Gasteiger partial charge in [-0.3, -0.25) is 0 Å². The number of halogens is 3. The molecule has 0 atom stereocenters. The van der Waals surface area contributed by atoms with Crippen molar-refractivity contribution in [2.24, 2.45) is 0 Å². The number of aromatic nitrogens is 1. The van der Waals surface area contributed by atoms with E-state index in [0.717, 1.165) is 23.9 Å². The van der Waals surface area contributed by atoms with Crippen LogP contribution in [0.2, 0.25) is 15.1 Å². The topological polar surface area (TPSA) is 58.4 Å². The van der Waals surface area contributed by atoms with Crippen molar-refractivity contribution < 1.29 is 9.21 Å². The first-order valence-corrected chi connectivity index (χ1v) is 9.70. The van der Waals surface area contributed by atoms with Crippen LogP contribution < -0.4 is 5.32 Å². The van der Waals surface area contributed by atoms with Crippen molar-refractivity contribution in [2.45, 2.75) is 18.8 Å². The Morgan fingerprint density at radius 2 is 1.85 bits per heavy atom. The third-order valence-corrected chi connectivity index (χ3v) is 5.64. The number of nitrogens with zero attached hydrogens (tertiary/aromatic N) is 2. The normalized spacial score (nSPS) is 15.3. The molecule has 0 saturated carbocycles. The zero-order chi connectivity index (χ0) is 19.0. The van der Waals surface area contributed by atoms with E-state index in [1.807, 2.05) is 6.07 Å². The molecule has 8 heteroatoms. The number of rotatable bonds is 2. The molecule has 5 nitrogen and oxygen atoms in total. The summed E-state index contributed by atoms with van der Waals surface area (Å²) in [6, 6.07) is 10.3. The molecule has 2 aromatic carbocycles. The van der Waals surface area contributed by atoms with Crippen LogP contribution in [-0.4, -0.2) is 29.0 Å². The van der Waals surface area contributed by atoms with Crippen LogP contribution in [0, 0.1) is 0 Å². The Balaban J connectivity index is 1.38. The van der Waals surface area contributed by atoms with E-state index in [-0.39, 0.29) is 11.9 Å². The minimum absolute atomic E-state index is 0.156. The molecular weight excluding hydrogens is 409 g/mol. The van der Waals surface area contributed by atoms with Crippen LogP contribution in [0.4, 0.5) is 10.5 Å². The summed E-state index contributed by atoms with van der Waals surface area (Å²) in [6.45, 7) is 1.24. The van der Waals surface area contributed by atoms with E-state index in [4.69, 9.17) is 39.2 Å². The van der Waals surface area contributed by atoms with E-state index in [2.05, 4.69) is 10.3 Å². The Labute approximate surface area is 171 Å². The Morgan fingerprint density at radius 3 is 2.59 bits per heavy atom. The van der Waals surface area contributed by atoms with Crippen LogP contribution in [0.3, 0.4) is 0 Å². The summed E-state index contributed by atoms with van der Waals surface area (Å²) in [4.78, 5) is 18.8. The lowest BCUT2D eigenvalue weighted by Gasteiger charge is -2.30. The Hall–Kier alpha value is -1.95. The third kappa shape index (κ3) is 4.00. The van der Waals surface area contributed by atoms with Crippen LogP contribution >= 0.6 is 34.8 Å². The lowest BCUT2D eigenvalue weighted by molar-refractivity contribution is 0.190. The lowest BCUT2D eigenvalue weighted by Crippen LogP contribution is -2.40. The van der Waals surface area contributed by atoms with Crippen molar-refractivity contribution in [3.05, 3.63) is 57.4 Å². The van der Waals surface area contributed by atoms with Crippen molar-refractivity contribution >= 4 is 57.6 Å². The van der Waals surface area contributed by atoms with Crippen molar-refractivity contribution in [3.8, 4) is 0 Å². The maximum atomic E-state index is 12.5. The second kappa shape index (κ2) is 7.58. The number of amides is 2. The Kier molecular flexibility index (Phi) is 5.17. The lowest BCUT2D eigenvalue weighted by atomic mass is 9.97. The average Bonchev–Trinajstić information content (AvgIpc) is 3.08. The van der Waals surface area contributed by atoms with Gasteiger partial charge in [0.25, 0.3) is 0 Å². The highest BCUT2D eigenvalue weighted by Gasteiger charge is 2.27. The second-order valence-electron chi connectivity index (χ2n) is 6.48. The summed E-state index contributed by atoms with van der Waals surface area (Å²) in [6.07, 6.45) is 1.57. The molecular formula is C19H16Cl3N3O2. The summed E-state index contributed by atoms with van der Waals surface area (Å²) >= 11 is 17.9. The Morgan fingerprint density at radius 1 is 1.07 bits per heavy atom. The molecule has 1 aliphatic heterocycles. The number of likely N-dealkylation sites (tertiary alicyclic amines) is 1. The monoisotopic (exact) mass is 423 g/mol. The van der Waals surface area contributed by atoms with Gasteiger partial charge >= 0.3 is 6.03 Å². The SMILES string of the molecule is O=C(Nc1ccc(Cl)c(Cl)c1)N1CCC(c2nc3cc(Cl)ccc3o2)CC1. The van der Waals surface area contributed by atoms with Crippen LogP contribution in [0.15, 0.2) is 40.8 Å². The summed E-state index contributed by atoms with van der Waals surface area (Å²) in [5.41, 5.74) is 2.11. The first-order chi connectivity index (χ1) is 13.0. The summed E-state index contributed by atoms with van der Waals surface area (Å²) in [5, 5.41) is 4.35. The smallest absolute Gasteiger partial charge is 0.321 e. The van der Waals surface area contributed by atoms with Crippen molar-refractivity contribution in [2.75, 3.05) is 18.4 Å². The molecule has 0 spiro atoms. The molecule has 2 heterocycles. The average molecular weight is 425 g/mol. The summed E-state index contributed by atoms with van der Waals surface area (Å²) in [7, 11) is 0. The first kappa shape index (κ1) is 18.4. The molecule has 0 aliphatic carbocycles. The second-order valence-corrected chi connectivity index (χ2v) is 7.74. The standard InChI is InChI=1S/C19H16Cl3N3O2/c20-12-1-4-17-16(9-12)24-18(27-17)11-5-7-25(8-6-11)19(26)23-13-2-3-14(21)15(22)10-13/h1-4,9-11H,5-8H2,(H,23,26). The van der Waals surface area contributed by atoms with E-state index in [1.54, 1.807) is 35.2 Å². The Bertz CT molecular complexity index is 997. The maximum absolute atomic E-state index is 12.5. The number of oxazole rings is 1. The zero-order valence-corrected chi connectivity index (χ0v) is 16.5. The van der Waals surface area contributed by atoms with Gasteiger partial charge in [0.1, 0.15) is 5.52 Å². The number of nitrogens with one attached hydrogen (secondary N) is 1. The molecule has 1 N–H and O–H groups in total. The molecule has 3 aromatic rings. The molecule has 0 bridgehead atoms. The van der Waals surface area contributed by atoms with Crippen LogP contribution in [0.1, 0.15) is 24.7 Å². The highest BCUT2D eigenvalue weighted by atomic mass is 35.5. The number of urea groups is 1. The van der Waals surface area contributed by atoms with E-state index in [0.29, 0.717) is 39.7 Å². The largest absolute Gasteiger partial charge is 0.440 e. The fraction of sp³-hybridized carbons (Fsp3) is 0.263. The molecule has 1 saturated heterocycles. The number of anilines is 1. The van der Waals surface area contributed by atoms with E-state index < -0.39 is 0 Å². The third-order valence-electron chi connectivity index (χ3n) is 4.67. The minimum atomic E-state index is -0.156. The number of piperidine rings is 1. The summed E-state index contributed by atoms with van der Waals surface area (Å²) < 4.78 is 5.86. The number of carbonyl (C=O) groups excluding carboxylic acids is 1. The molecule has 4 rings (SSSR count). The molecule has 1 aromatic heterocycles. The number of carbonyl (C=O) groups is 1. The van der Waals surface area contributed by atoms with Crippen molar-refractivity contribution in [1.29, 1.82) is 0 Å². The maximum Gasteiger partial charge on any atom is 0.321 e. The van der Waals surface area contributed by atoms with Crippen molar-refractivity contribution in [3.63, 3.8) is 0 Å². The highest BCUT2D eigenvalue weighted by Crippen LogP contribution is 2.31. The van der Waals surface area contributed by atoms with E-state index in [9.17, 15) is 4.79 Å². The van der Waals surface area contributed by atoms with Gasteiger partial charge < -0.3 is 14.6 Å². The van der Waals surface area contributed by atoms with Gasteiger partial charge in [-0.2, -0.15) is 0 Å². The number of benzene rings is 2. The molecule has 140 valence electrons. The highest BCUT2D eigenvalue weighted by molar-refractivity contribution is 6.42. The molecule has 1 aliphatic rings. The molecule has 0 radical (unpaired) electrons. The fourth-order valence-corrected chi connectivity index (χ4v) is 3.66. The minimum Gasteiger partial charge on any atom is -0.440 e. The van der Waals surface area contributed by atoms with Crippen LogP contribution in [0.25, 0.3) is 11.1 Å². The molecule has 0 unspecified atom stereocenters. The molecule has 1 fully saturated rings. The van der Waals surface area contributed by atoms with Gasteiger partial charge in [-0.15, -0.1) is 0 Å². The van der Waals surface area contributed by atoms with E-state index >= 15 is 0 Å². The number of hydrogen-bond acceptors (Lipinski definition) is 3. The predicted molar refractivity (Wildman–Crippen MR) is 108 cm³/mol. The van der Waals surface area contributed by atoms with Gasteiger partial charge in [-0.25, -0.2) is 9.78 Å². The number of fused-ring (bicyclic) bond motifs is 1. The quantitative estimate of drug-likeness (QED) is 0.533. The summed E-state index contributed by atoms with van der Waals surface area (Å²) in [5.74, 6) is 0.891. The van der Waals surface area contributed by atoms with Gasteiger partial charge in [0, 0.05) is 29.7 Å². The van der Waals surface area contributed by atoms with Crippen LogP contribution in [0.5, 0.6) is 0 Å². The van der Waals surface area contributed by atoms with Gasteiger partial charge in [0.05, 0.1) is 10.0 Å². The van der Waals surface area contributed by atoms with Crippen molar-refractivity contribution in [1.82, 2.24) is 9.88 Å². The van der Waals surface area contributed by atoms with E-state index in [1.165, 1.54) is 0 Å². The van der Waals surface area contributed by atoms with Gasteiger partial charge in [-0.1, -0.05) is 34.8 Å². The molecule has 2 amide bonds. The number of hydrogen-bond donors (Lipinski definition) is 1. The zero-order valence-electron chi connectivity index (χ0n) is 14.2. The molecule has 27 heavy (non-hydrogen) atoms. The van der Waals surface area contributed by atoms with Gasteiger partial charge in [0.15, 0.2) is 11.5 Å².